The third-order valence-electron chi connectivity index (χ3n) is 3.37. The van der Waals surface area contributed by atoms with E-state index in [1.54, 1.807) is 12.1 Å². The van der Waals surface area contributed by atoms with Crippen LogP contribution in [0.15, 0.2) is 18.2 Å². The molecular formula is C14H18N2O4. The van der Waals surface area contributed by atoms with Crippen LogP contribution in [-0.4, -0.2) is 37.2 Å². The van der Waals surface area contributed by atoms with Crippen LogP contribution < -0.4 is 15.4 Å². The van der Waals surface area contributed by atoms with E-state index >= 15 is 0 Å². The van der Waals surface area contributed by atoms with E-state index in [1.165, 1.54) is 13.2 Å². The first-order valence-corrected chi connectivity index (χ1v) is 6.52. The van der Waals surface area contributed by atoms with Crippen molar-refractivity contribution < 1.29 is 19.4 Å². The zero-order valence-corrected chi connectivity index (χ0v) is 11.3. The Morgan fingerprint density at radius 1 is 1.50 bits per heavy atom. The molecule has 0 aliphatic carbocycles. The number of hydrogen-bond acceptors (Lipinski definition) is 4. The van der Waals surface area contributed by atoms with E-state index in [2.05, 4.69) is 10.6 Å². The van der Waals surface area contributed by atoms with E-state index in [4.69, 9.17) is 9.84 Å². The molecule has 1 amide bonds. The minimum atomic E-state index is -1.10. The molecule has 0 radical (unpaired) electrons. The average Bonchev–Trinajstić information content (AvgIpc) is 2.91. The Labute approximate surface area is 117 Å². The third kappa shape index (κ3) is 3.48. The van der Waals surface area contributed by atoms with Gasteiger partial charge in [-0.15, -0.1) is 0 Å². The smallest absolute Gasteiger partial charge is 0.337 e. The van der Waals surface area contributed by atoms with Crippen molar-refractivity contribution in [3.05, 3.63) is 23.8 Å². The zero-order chi connectivity index (χ0) is 14.5. The van der Waals surface area contributed by atoms with Crippen LogP contribution in [0.3, 0.4) is 0 Å². The van der Waals surface area contributed by atoms with Gasteiger partial charge in [0, 0.05) is 6.42 Å². The fraction of sp³-hybridized carbons (Fsp3) is 0.429. The van der Waals surface area contributed by atoms with Gasteiger partial charge in [-0.1, -0.05) is 0 Å². The number of carbonyl (C=O) groups excluding carboxylic acids is 1. The molecule has 1 fully saturated rings. The van der Waals surface area contributed by atoms with Gasteiger partial charge in [0.2, 0.25) is 5.91 Å². The summed E-state index contributed by atoms with van der Waals surface area (Å²) in [4.78, 5) is 23.1. The molecule has 108 valence electrons. The molecule has 2 rings (SSSR count). The van der Waals surface area contributed by atoms with Crippen LogP contribution in [0.2, 0.25) is 0 Å². The van der Waals surface area contributed by atoms with Gasteiger partial charge in [-0.3, -0.25) is 4.79 Å². The van der Waals surface area contributed by atoms with Crippen molar-refractivity contribution in [2.45, 2.75) is 12.8 Å². The lowest BCUT2D eigenvalue weighted by Crippen LogP contribution is -2.19. The van der Waals surface area contributed by atoms with Crippen LogP contribution in [0.4, 0.5) is 5.69 Å². The number of methoxy groups -OCH3 is 1. The van der Waals surface area contributed by atoms with Crippen molar-refractivity contribution in [2.75, 3.05) is 25.5 Å². The fourth-order valence-corrected chi connectivity index (χ4v) is 2.29. The number of hydrogen-bond donors (Lipinski definition) is 3. The number of aromatic carboxylic acids is 1. The highest BCUT2D eigenvalue weighted by Crippen LogP contribution is 2.23. The summed E-state index contributed by atoms with van der Waals surface area (Å²) in [6.07, 6.45) is 1.37. The van der Waals surface area contributed by atoms with E-state index in [-0.39, 0.29) is 11.5 Å². The second kappa shape index (κ2) is 6.38. The number of carboxylic acids is 1. The predicted molar refractivity (Wildman–Crippen MR) is 74.2 cm³/mol. The average molecular weight is 278 g/mol. The lowest BCUT2D eigenvalue weighted by molar-refractivity contribution is -0.116. The fourth-order valence-electron chi connectivity index (χ4n) is 2.29. The van der Waals surface area contributed by atoms with Crippen molar-refractivity contribution in [1.29, 1.82) is 0 Å². The number of anilines is 1. The number of amides is 1. The first-order valence-electron chi connectivity index (χ1n) is 6.52. The Morgan fingerprint density at radius 3 is 2.90 bits per heavy atom. The van der Waals surface area contributed by atoms with E-state index < -0.39 is 5.97 Å². The Bertz CT molecular complexity index is 510. The molecule has 1 atom stereocenters. The number of carboxylic acid groups (broad SMARTS) is 1. The molecule has 1 aliphatic rings. The molecule has 1 aliphatic heterocycles. The summed E-state index contributed by atoms with van der Waals surface area (Å²) in [5.74, 6) is -0.491. The highest BCUT2D eigenvalue weighted by molar-refractivity contribution is 6.00. The quantitative estimate of drug-likeness (QED) is 0.756. The molecule has 1 unspecified atom stereocenters. The molecular weight excluding hydrogens is 260 g/mol. The Morgan fingerprint density at radius 2 is 2.30 bits per heavy atom. The Hall–Kier alpha value is -2.08. The summed E-state index contributed by atoms with van der Waals surface area (Å²) in [6, 6.07) is 4.57. The summed E-state index contributed by atoms with van der Waals surface area (Å²) < 4.78 is 4.99. The first-order chi connectivity index (χ1) is 9.60. The molecule has 0 aromatic heterocycles. The molecule has 6 heteroatoms. The maximum atomic E-state index is 11.9. The van der Waals surface area contributed by atoms with E-state index in [0.717, 1.165) is 19.5 Å². The van der Waals surface area contributed by atoms with E-state index in [0.29, 0.717) is 23.8 Å². The molecule has 1 heterocycles. The molecule has 0 bridgehead atoms. The van der Waals surface area contributed by atoms with Crippen LogP contribution in [0, 0.1) is 5.92 Å². The summed E-state index contributed by atoms with van der Waals surface area (Å²) in [5.41, 5.74) is 0.330. The molecule has 0 spiro atoms. The predicted octanol–water partition coefficient (Wildman–Crippen LogP) is 1.33. The second-order valence-corrected chi connectivity index (χ2v) is 4.83. The van der Waals surface area contributed by atoms with Gasteiger partial charge < -0.3 is 20.5 Å². The van der Waals surface area contributed by atoms with Crippen molar-refractivity contribution in [1.82, 2.24) is 5.32 Å². The van der Waals surface area contributed by atoms with Crippen LogP contribution in [0.25, 0.3) is 0 Å². The Kier molecular flexibility index (Phi) is 4.57. The van der Waals surface area contributed by atoms with Gasteiger partial charge in [-0.05, 0) is 43.6 Å². The maximum Gasteiger partial charge on any atom is 0.337 e. The van der Waals surface area contributed by atoms with Gasteiger partial charge in [0.1, 0.15) is 5.75 Å². The van der Waals surface area contributed by atoms with Crippen molar-refractivity contribution in [2.24, 2.45) is 5.92 Å². The molecule has 3 N–H and O–H groups in total. The number of nitrogens with one attached hydrogen (secondary N) is 2. The molecule has 1 aromatic carbocycles. The lowest BCUT2D eigenvalue weighted by atomic mass is 10.0. The summed E-state index contributed by atoms with van der Waals surface area (Å²) in [6.45, 7) is 1.77. The largest absolute Gasteiger partial charge is 0.497 e. The van der Waals surface area contributed by atoms with Gasteiger partial charge in [0.25, 0.3) is 0 Å². The molecule has 1 saturated heterocycles. The van der Waals surface area contributed by atoms with Crippen LogP contribution in [-0.2, 0) is 4.79 Å². The van der Waals surface area contributed by atoms with Gasteiger partial charge in [0.15, 0.2) is 0 Å². The van der Waals surface area contributed by atoms with Crippen LogP contribution in [0.5, 0.6) is 5.75 Å². The van der Waals surface area contributed by atoms with E-state index in [9.17, 15) is 9.59 Å². The lowest BCUT2D eigenvalue weighted by Gasteiger charge is -2.12. The minimum Gasteiger partial charge on any atom is -0.497 e. The first kappa shape index (κ1) is 14.3. The number of rotatable bonds is 5. The minimum absolute atomic E-state index is 0.0299. The van der Waals surface area contributed by atoms with Crippen LogP contribution in [0.1, 0.15) is 23.2 Å². The molecule has 6 nitrogen and oxygen atoms in total. The van der Waals surface area contributed by atoms with Crippen LogP contribution >= 0.6 is 0 Å². The van der Waals surface area contributed by atoms with Crippen molar-refractivity contribution in [3.8, 4) is 5.75 Å². The van der Waals surface area contributed by atoms with Gasteiger partial charge in [-0.2, -0.15) is 0 Å². The van der Waals surface area contributed by atoms with Gasteiger partial charge in [0.05, 0.1) is 18.4 Å². The van der Waals surface area contributed by atoms with E-state index in [1.807, 2.05) is 0 Å². The normalized spacial score (nSPS) is 17.8. The highest BCUT2D eigenvalue weighted by Gasteiger charge is 2.19. The number of benzene rings is 1. The Balaban J connectivity index is 2.07. The van der Waals surface area contributed by atoms with Gasteiger partial charge in [-0.25, -0.2) is 4.79 Å². The van der Waals surface area contributed by atoms with Crippen molar-refractivity contribution >= 4 is 17.6 Å². The number of ether oxygens (including phenoxy) is 1. The topological polar surface area (TPSA) is 87.7 Å². The summed E-state index contributed by atoms with van der Waals surface area (Å²) >= 11 is 0. The molecule has 20 heavy (non-hydrogen) atoms. The van der Waals surface area contributed by atoms with Crippen molar-refractivity contribution in [3.63, 3.8) is 0 Å². The third-order valence-corrected chi connectivity index (χ3v) is 3.37. The maximum absolute atomic E-state index is 11.9. The summed E-state index contributed by atoms with van der Waals surface area (Å²) in [7, 11) is 1.46. The zero-order valence-electron chi connectivity index (χ0n) is 11.3. The SMILES string of the molecule is COc1ccc(NC(=O)CC2CCNC2)c(C(=O)O)c1. The standard InChI is InChI=1S/C14H18N2O4/c1-20-10-2-3-12(11(7-10)14(18)19)16-13(17)6-9-4-5-15-8-9/h2-3,7,9,15H,4-6,8H2,1H3,(H,16,17)(H,18,19). The second-order valence-electron chi connectivity index (χ2n) is 4.83. The monoisotopic (exact) mass is 278 g/mol. The molecule has 1 aromatic rings. The number of carbonyl (C=O) groups is 2. The molecule has 0 saturated carbocycles. The van der Waals surface area contributed by atoms with Gasteiger partial charge >= 0.3 is 5.97 Å². The summed E-state index contributed by atoms with van der Waals surface area (Å²) in [5, 5.41) is 15.0. The highest BCUT2D eigenvalue weighted by atomic mass is 16.5.